The first kappa shape index (κ1) is 16.6. The first-order valence-corrected chi connectivity index (χ1v) is 8.02. The lowest BCUT2D eigenvalue weighted by atomic mass is 9.98. The second kappa shape index (κ2) is 8.03. The Bertz CT molecular complexity index is 517. The van der Waals surface area contributed by atoms with Crippen LogP contribution in [-0.2, 0) is 17.8 Å². The summed E-state index contributed by atoms with van der Waals surface area (Å²) in [4.78, 5) is 14.2. The monoisotopic (exact) mass is 307 g/mol. The smallest absolute Gasteiger partial charge is 0.277 e. The summed E-state index contributed by atoms with van der Waals surface area (Å²) in [6, 6.07) is 4.03. The molecular weight excluding hydrogens is 280 g/mol. The topological polar surface area (TPSA) is 55.4 Å². The van der Waals surface area contributed by atoms with Crippen LogP contribution in [0.2, 0.25) is 0 Å². The number of hydrogen-bond donors (Lipinski definition) is 1. The number of ether oxygens (including phenoxy) is 2. The molecule has 122 valence electrons. The van der Waals surface area contributed by atoms with Crippen LogP contribution in [-0.4, -0.2) is 44.7 Å². The van der Waals surface area contributed by atoms with Crippen molar-refractivity contribution in [2.45, 2.75) is 32.7 Å². The molecule has 1 aromatic carbocycles. The van der Waals surface area contributed by atoms with Gasteiger partial charge in [-0.25, -0.2) is 0 Å². The van der Waals surface area contributed by atoms with Gasteiger partial charge in [-0.2, -0.15) is 0 Å². The quantitative estimate of drug-likeness (QED) is 0.763. The van der Waals surface area contributed by atoms with Gasteiger partial charge in [0.1, 0.15) is 0 Å². The largest absolute Gasteiger partial charge is 0.493 e. The van der Waals surface area contributed by atoms with Crippen LogP contribution in [0.15, 0.2) is 12.1 Å². The molecule has 1 aromatic rings. The Labute approximate surface area is 132 Å². The van der Waals surface area contributed by atoms with Crippen molar-refractivity contribution in [1.82, 2.24) is 4.90 Å². The number of nitrogens with two attached hydrogens (primary N) is 1. The lowest BCUT2D eigenvalue weighted by molar-refractivity contribution is -0.644. The van der Waals surface area contributed by atoms with Crippen molar-refractivity contribution in [3.8, 4) is 11.5 Å². The number of carbonyl (C=O) groups is 1. The van der Waals surface area contributed by atoms with Crippen molar-refractivity contribution in [2.24, 2.45) is 0 Å². The number of fused-ring (bicyclic) bond motifs is 1. The van der Waals surface area contributed by atoms with Gasteiger partial charge < -0.3 is 19.7 Å². The Hall–Kier alpha value is -1.75. The average Bonchev–Trinajstić information content (AvgIpc) is 2.56. The van der Waals surface area contributed by atoms with Gasteiger partial charge in [-0.15, -0.1) is 0 Å². The highest BCUT2D eigenvalue weighted by atomic mass is 16.5. The summed E-state index contributed by atoms with van der Waals surface area (Å²) in [5.41, 5.74) is 2.41. The SMILES string of the molecule is CCCC[NH2+]CC(=O)N1CCc2cc(OC)c(OC)cc2C1. The molecule has 0 aromatic heterocycles. The van der Waals surface area contributed by atoms with Crippen LogP contribution in [0.25, 0.3) is 0 Å². The lowest BCUT2D eigenvalue weighted by Gasteiger charge is -2.29. The highest BCUT2D eigenvalue weighted by Gasteiger charge is 2.23. The minimum atomic E-state index is 0.219. The fourth-order valence-electron chi connectivity index (χ4n) is 2.80. The van der Waals surface area contributed by atoms with E-state index in [0.717, 1.165) is 43.0 Å². The fraction of sp³-hybridized carbons (Fsp3) is 0.588. The number of nitrogens with zero attached hydrogens (tertiary/aromatic N) is 1. The molecule has 2 rings (SSSR count). The molecule has 1 amide bonds. The van der Waals surface area contributed by atoms with E-state index < -0.39 is 0 Å². The molecule has 1 aliphatic heterocycles. The zero-order valence-corrected chi connectivity index (χ0v) is 13.9. The van der Waals surface area contributed by atoms with Crippen LogP contribution >= 0.6 is 0 Å². The fourth-order valence-corrected chi connectivity index (χ4v) is 2.80. The number of methoxy groups -OCH3 is 2. The first-order chi connectivity index (χ1) is 10.7. The second-order valence-corrected chi connectivity index (χ2v) is 5.68. The van der Waals surface area contributed by atoms with E-state index in [1.165, 1.54) is 12.0 Å². The summed E-state index contributed by atoms with van der Waals surface area (Å²) >= 11 is 0. The number of carbonyl (C=O) groups excluding carboxylic acids is 1. The number of unbranched alkanes of at least 4 members (excludes halogenated alkanes) is 1. The van der Waals surface area contributed by atoms with Gasteiger partial charge in [-0.05, 0) is 36.1 Å². The van der Waals surface area contributed by atoms with Crippen molar-refractivity contribution in [2.75, 3.05) is 33.9 Å². The van der Waals surface area contributed by atoms with Gasteiger partial charge in [0.2, 0.25) is 0 Å². The predicted molar refractivity (Wildman–Crippen MR) is 85.2 cm³/mol. The number of rotatable bonds is 7. The molecule has 0 fully saturated rings. The van der Waals surface area contributed by atoms with Gasteiger partial charge in [0, 0.05) is 13.1 Å². The summed E-state index contributed by atoms with van der Waals surface area (Å²) in [5.74, 6) is 1.70. The summed E-state index contributed by atoms with van der Waals surface area (Å²) in [5, 5.41) is 2.11. The van der Waals surface area contributed by atoms with E-state index in [0.29, 0.717) is 13.1 Å². The minimum absolute atomic E-state index is 0.219. The summed E-state index contributed by atoms with van der Waals surface area (Å²) in [7, 11) is 3.29. The Kier molecular flexibility index (Phi) is 6.07. The van der Waals surface area contributed by atoms with Crippen molar-refractivity contribution < 1.29 is 19.6 Å². The molecule has 0 saturated carbocycles. The molecule has 0 bridgehead atoms. The summed E-state index contributed by atoms with van der Waals surface area (Å²) in [6.45, 7) is 5.18. The molecule has 0 radical (unpaired) electrons. The molecule has 0 unspecified atom stereocenters. The number of quaternary nitrogens is 1. The zero-order valence-electron chi connectivity index (χ0n) is 13.9. The maximum absolute atomic E-state index is 12.3. The zero-order chi connectivity index (χ0) is 15.9. The highest BCUT2D eigenvalue weighted by molar-refractivity contribution is 5.77. The normalized spacial score (nSPS) is 13.7. The third-order valence-corrected chi connectivity index (χ3v) is 4.15. The summed E-state index contributed by atoms with van der Waals surface area (Å²) < 4.78 is 10.7. The van der Waals surface area contributed by atoms with E-state index >= 15 is 0 Å². The molecule has 0 saturated heterocycles. The molecule has 5 heteroatoms. The van der Waals surface area contributed by atoms with E-state index in [1.807, 2.05) is 17.0 Å². The van der Waals surface area contributed by atoms with Gasteiger partial charge in [0.15, 0.2) is 18.0 Å². The second-order valence-electron chi connectivity index (χ2n) is 5.68. The van der Waals surface area contributed by atoms with Gasteiger partial charge in [0.05, 0.1) is 20.8 Å². The third-order valence-electron chi connectivity index (χ3n) is 4.15. The molecule has 22 heavy (non-hydrogen) atoms. The molecular formula is C17H27N2O3+. The Morgan fingerprint density at radius 1 is 1.23 bits per heavy atom. The Morgan fingerprint density at radius 3 is 2.55 bits per heavy atom. The van der Waals surface area contributed by atoms with Crippen LogP contribution < -0.4 is 14.8 Å². The number of hydrogen-bond acceptors (Lipinski definition) is 3. The minimum Gasteiger partial charge on any atom is -0.493 e. The van der Waals surface area contributed by atoms with Crippen molar-refractivity contribution in [1.29, 1.82) is 0 Å². The van der Waals surface area contributed by atoms with E-state index in [1.54, 1.807) is 14.2 Å². The van der Waals surface area contributed by atoms with Crippen LogP contribution in [0.3, 0.4) is 0 Å². The van der Waals surface area contributed by atoms with Gasteiger partial charge in [-0.3, -0.25) is 4.79 Å². The van der Waals surface area contributed by atoms with Crippen LogP contribution in [0.5, 0.6) is 11.5 Å². The molecule has 5 nitrogen and oxygen atoms in total. The predicted octanol–water partition coefficient (Wildman–Crippen LogP) is 0.952. The molecule has 0 aliphatic carbocycles. The van der Waals surface area contributed by atoms with E-state index in [2.05, 4.69) is 12.2 Å². The standard InChI is InChI=1S/C17H26N2O3/c1-4-5-7-18-11-17(20)19-8-6-13-9-15(21-2)16(22-3)10-14(13)12-19/h9-10,18H,4-8,11-12H2,1-3H3/p+1. The van der Waals surface area contributed by atoms with Crippen LogP contribution in [0.4, 0.5) is 0 Å². The average molecular weight is 307 g/mol. The maximum atomic E-state index is 12.3. The molecule has 2 N–H and O–H groups in total. The van der Waals surface area contributed by atoms with Crippen molar-refractivity contribution >= 4 is 5.91 Å². The maximum Gasteiger partial charge on any atom is 0.277 e. The lowest BCUT2D eigenvalue weighted by Crippen LogP contribution is -2.86. The Morgan fingerprint density at radius 2 is 1.91 bits per heavy atom. The third kappa shape index (κ3) is 3.91. The van der Waals surface area contributed by atoms with Crippen molar-refractivity contribution in [3.05, 3.63) is 23.3 Å². The van der Waals surface area contributed by atoms with Crippen LogP contribution in [0, 0.1) is 0 Å². The number of benzene rings is 1. The van der Waals surface area contributed by atoms with Gasteiger partial charge in [0.25, 0.3) is 5.91 Å². The molecule has 0 atom stereocenters. The molecule has 0 spiro atoms. The van der Waals surface area contributed by atoms with E-state index in [9.17, 15) is 4.79 Å². The van der Waals surface area contributed by atoms with E-state index in [-0.39, 0.29) is 5.91 Å². The molecule has 1 heterocycles. The molecule has 1 aliphatic rings. The number of amides is 1. The highest BCUT2D eigenvalue weighted by Crippen LogP contribution is 2.33. The first-order valence-electron chi connectivity index (χ1n) is 8.02. The van der Waals surface area contributed by atoms with E-state index in [4.69, 9.17) is 9.47 Å². The van der Waals surface area contributed by atoms with Crippen LogP contribution in [0.1, 0.15) is 30.9 Å². The van der Waals surface area contributed by atoms with Gasteiger partial charge >= 0.3 is 0 Å². The Balaban J connectivity index is 2.00. The van der Waals surface area contributed by atoms with Crippen molar-refractivity contribution in [3.63, 3.8) is 0 Å². The van der Waals surface area contributed by atoms with Gasteiger partial charge in [-0.1, -0.05) is 13.3 Å². The summed E-state index contributed by atoms with van der Waals surface area (Å²) in [6.07, 6.45) is 3.20.